The maximum absolute atomic E-state index is 15.2. The van der Waals surface area contributed by atoms with Crippen molar-refractivity contribution < 1.29 is 38.0 Å². The van der Waals surface area contributed by atoms with Gasteiger partial charge in [0.05, 0.1) is 64.2 Å². The number of urea groups is 2. The largest absolute Gasteiger partial charge is 0.378 e. The van der Waals surface area contributed by atoms with E-state index < -0.39 is 23.6 Å². The molecular formula is C56H65N15O8. The Morgan fingerprint density at radius 3 is 1.15 bits per heavy atom. The molecule has 0 aliphatic carbocycles. The van der Waals surface area contributed by atoms with Gasteiger partial charge in [-0.2, -0.15) is 39.9 Å². The highest BCUT2D eigenvalue weighted by Gasteiger charge is 2.42. The van der Waals surface area contributed by atoms with Crippen molar-refractivity contribution in [3.05, 3.63) is 103 Å². The number of carbonyl (C=O) groups excluding carboxylic acids is 2. The first kappa shape index (κ1) is 51.9. The van der Waals surface area contributed by atoms with E-state index >= 15 is 4.79 Å². The average Bonchev–Trinajstić information content (AvgIpc) is 4.18. The smallest absolute Gasteiger partial charge is 0.345 e. The number of hydrazine groups is 1. The van der Waals surface area contributed by atoms with Crippen LogP contribution in [0.15, 0.2) is 103 Å². The zero-order chi connectivity index (χ0) is 53.8. The van der Waals surface area contributed by atoms with Crippen LogP contribution in [0.3, 0.4) is 0 Å². The van der Waals surface area contributed by atoms with Crippen LogP contribution in [0.2, 0.25) is 0 Å². The number of para-hydroxylation sites is 1. The molecule has 412 valence electrons. The number of piperidine rings is 2. The van der Waals surface area contributed by atoms with Gasteiger partial charge in [0.1, 0.15) is 0 Å². The maximum atomic E-state index is 15.2. The fourth-order valence-corrected chi connectivity index (χ4v) is 10.6. The molecule has 4 aromatic carbocycles. The number of rotatable bonds is 11. The lowest BCUT2D eigenvalue weighted by Crippen LogP contribution is -2.53. The second-order valence-corrected chi connectivity index (χ2v) is 20.3. The lowest BCUT2D eigenvalue weighted by Gasteiger charge is -2.38. The van der Waals surface area contributed by atoms with Crippen molar-refractivity contribution in [2.45, 2.75) is 37.3 Å². The van der Waals surface area contributed by atoms with Crippen molar-refractivity contribution >= 4 is 64.3 Å². The molecule has 0 unspecified atom stereocenters. The summed E-state index contributed by atoms with van der Waals surface area (Å²) in [6.45, 7) is 9.86. The summed E-state index contributed by atoms with van der Waals surface area (Å²) in [4.78, 5) is 70.6. The second-order valence-electron chi connectivity index (χ2n) is 20.3. The number of benzene rings is 4. The molecule has 23 heteroatoms. The normalized spacial score (nSPS) is 18.9. The molecule has 2 aromatic heterocycles. The fraction of sp³-hybridized carbons (Fsp3) is 0.429. The summed E-state index contributed by atoms with van der Waals surface area (Å²) >= 11 is 0. The van der Waals surface area contributed by atoms with Gasteiger partial charge in [-0.1, -0.05) is 18.2 Å². The Bertz CT molecular complexity index is 3040. The van der Waals surface area contributed by atoms with E-state index in [2.05, 4.69) is 30.2 Å². The van der Waals surface area contributed by atoms with E-state index in [-0.39, 0.29) is 0 Å². The van der Waals surface area contributed by atoms with Gasteiger partial charge >= 0.3 is 12.1 Å². The van der Waals surface area contributed by atoms with E-state index in [9.17, 15) is 4.79 Å². The van der Waals surface area contributed by atoms with E-state index in [1.165, 1.54) is 10.0 Å². The third kappa shape index (κ3) is 11.5. The van der Waals surface area contributed by atoms with Crippen molar-refractivity contribution in [2.24, 2.45) is 0 Å². The zero-order valence-corrected chi connectivity index (χ0v) is 44.5. The van der Waals surface area contributed by atoms with Crippen LogP contribution in [0.1, 0.15) is 25.7 Å². The summed E-state index contributed by atoms with van der Waals surface area (Å²) in [5.41, 5.74) is 4.13. The van der Waals surface area contributed by atoms with E-state index in [1.54, 1.807) is 36.4 Å². The first-order chi connectivity index (χ1) is 38.7. The summed E-state index contributed by atoms with van der Waals surface area (Å²) in [5.74, 6) is 2.10. The van der Waals surface area contributed by atoms with Gasteiger partial charge in [0.2, 0.25) is 23.8 Å². The summed E-state index contributed by atoms with van der Waals surface area (Å²) in [6.07, 6.45) is 2.78. The number of ether oxygens (including phenoxy) is 6. The highest BCUT2D eigenvalue weighted by Crippen LogP contribution is 2.36. The molecule has 0 saturated carbocycles. The van der Waals surface area contributed by atoms with Crippen LogP contribution in [-0.4, -0.2) is 173 Å². The maximum Gasteiger partial charge on any atom is 0.345 e. The van der Waals surface area contributed by atoms with Crippen molar-refractivity contribution in [3.8, 4) is 22.8 Å². The highest BCUT2D eigenvalue weighted by atomic mass is 16.7. The SMILES string of the molecule is CN(C)c1ccc(N(C(=O)Nc2ccc(-c3nc(N4CCOCC4)nc(N4CCC5(CC4)OCCO5)n3)cc2)N(C(=O)Nc2ccccc2)c2ccc(-c3nc(N4CCOCC4)nc(N4CCC5(CC4)OCCO5)n3)cc2)cc1. The molecule has 2 spiro atoms. The number of hydrogen-bond acceptors (Lipinski definition) is 19. The lowest BCUT2D eigenvalue weighted by molar-refractivity contribution is -0.169. The van der Waals surface area contributed by atoms with Crippen molar-refractivity contribution in [3.63, 3.8) is 0 Å². The molecule has 6 saturated heterocycles. The Labute approximate surface area is 458 Å². The Morgan fingerprint density at radius 2 is 0.759 bits per heavy atom. The molecule has 6 aliphatic rings. The quantitative estimate of drug-likeness (QED) is 0.132. The van der Waals surface area contributed by atoms with Gasteiger partial charge in [0, 0.05) is 120 Å². The zero-order valence-electron chi connectivity index (χ0n) is 44.5. The summed E-state index contributed by atoms with van der Waals surface area (Å²) in [7, 11) is 3.88. The van der Waals surface area contributed by atoms with Gasteiger partial charge in [-0.25, -0.2) is 9.59 Å². The van der Waals surface area contributed by atoms with Gasteiger partial charge in [0.15, 0.2) is 23.2 Å². The Kier molecular flexibility index (Phi) is 15.0. The standard InChI is InChI=1S/C56H65N15O8/c1-65(2)44-16-18-46(19-17-44)71(54(73)58-43-12-8-40(9-13-43)47-59-49(63-51(61-47)68-28-32-74-33-29-68)66-24-20-55(21-25-66)76-36-37-77-55)70(53(72)57-42-6-4-3-5-7-42)45-14-10-41(11-15-45)48-60-50(64-52(62-48)69-30-34-75-35-31-69)67-26-22-56(23-27-67)78-38-39-79-56/h3-19H,20-39H2,1-2H3,(H,57,72)(H,58,73). The minimum atomic E-state index is -0.609. The number of nitrogens with one attached hydrogen (secondary N) is 2. The van der Waals surface area contributed by atoms with Crippen LogP contribution < -0.4 is 45.2 Å². The second kappa shape index (κ2) is 22.9. The van der Waals surface area contributed by atoms with Crippen molar-refractivity contribution in [1.82, 2.24) is 29.9 Å². The van der Waals surface area contributed by atoms with Gasteiger partial charge < -0.3 is 63.6 Å². The Hall–Kier alpha value is -7.80. The Morgan fingerprint density at radius 1 is 0.418 bits per heavy atom. The number of carbonyl (C=O) groups is 2. The fourth-order valence-electron chi connectivity index (χ4n) is 10.6. The third-order valence-corrected chi connectivity index (χ3v) is 15.0. The monoisotopic (exact) mass is 1080 g/mol. The third-order valence-electron chi connectivity index (χ3n) is 15.0. The minimum absolute atomic E-state index is 0.383. The molecule has 6 fully saturated rings. The predicted octanol–water partition coefficient (Wildman–Crippen LogP) is 6.51. The van der Waals surface area contributed by atoms with Crippen LogP contribution in [0.25, 0.3) is 22.8 Å². The molecule has 2 N–H and O–H groups in total. The number of nitrogens with zero attached hydrogens (tertiary/aromatic N) is 13. The van der Waals surface area contributed by atoms with Gasteiger partial charge in [0.25, 0.3) is 0 Å². The number of hydrogen-bond donors (Lipinski definition) is 2. The number of anilines is 9. The summed E-state index contributed by atoms with van der Waals surface area (Å²) in [5, 5.41) is 8.77. The number of aromatic nitrogens is 6. The van der Waals surface area contributed by atoms with E-state index in [1.807, 2.05) is 85.7 Å². The molecule has 8 heterocycles. The summed E-state index contributed by atoms with van der Waals surface area (Å²) < 4.78 is 35.4. The van der Waals surface area contributed by atoms with Gasteiger partial charge in [-0.3, -0.25) is 0 Å². The molecule has 0 bridgehead atoms. The predicted molar refractivity (Wildman–Crippen MR) is 299 cm³/mol. The molecule has 12 rings (SSSR count). The van der Waals surface area contributed by atoms with Crippen molar-refractivity contribution in [2.75, 3.05) is 164 Å². The van der Waals surface area contributed by atoms with Crippen LogP contribution in [0.4, 0.5) is 61.8 Å². The molecule has 79 heavy (non-hydrogen) atoms. The summed E-state index contributed by atoms with van der Waals surface area (Å²) in [6, 6.07) is 29.9. The molecular weight excluding hydrogens is 1010 g/mol. The molecule has 6 aromatic rings. The van der Waals surface area contributed by atoms with Crippen LogP contribution >= 0.6 is 0 Å². The lowest BCUT2D eigenvalue weighted by atomic mass is 10.0. The van der Waals surface area contributed by atoms with E-state index in [0.717, 1.165) is 11.3 Å². The molecule has 23 nitrogen and oxygen atoms in total. The van der Waals surface area contributed by atoms with Crippen LogP contribution in [0, 0.1) is 0 Å². The van der Waals surface area contributed by atoms with Gasteiger partial charge in [-0.05, 0) is 84.9 Å². The van der Waals surface area contributed by atoms with E-state index in [0.29, 0.717) is 195 Å². The Balaban J connectivity index is 0.858. The molecule has 0 atom stereocenters. The average molecular weight is 1080 g/mol. The highest BCUT2D eigenvalue weighted by molar-refractivity contribution is 6.13. The first-order valence-electron chi connectivity index (χ1n) is 27.1. The molecule has 0 radical (unpaired) electrons. The topological polar surface area (TPSA) is 214 Å². The number of amides is 4. The number of morpholine rings is 2. The first-order valence-corrected chi connectivity index (χ1v) is 27.1. The van der Waals surface area contributed by atoms with Crippen molar-refractivity contribution in [1.29, 1.82) is 0 Å². The minimum Gasteiger partial charge on any atom is -0.378 e. The molecule has 6 aliphatic heterocycles. The molecule has 4 amide bonds. The van der Waals surface area contributed by atoms with Crippen LogP contribution in [0.5, 0.6) is 0 Å². The van der Waals surface area contributed by atoms with Crippen LogP contribution in [-0.2, 0) is 28.4 Å². The van der Waals surface area contributed by atoms with E-state index in [4.69, 9.17) is 58.3 Å². The van der Waals surface area contributed by atoms with Gasteiger partial charge in [-0.15, -0.1) is 0 Å².